The third-order valence-electron chi connectivity index (χ3n) is 3.49. The molecule has 3 nitrogen and oxygen atoms in total. The monoisotopic (exact) mass is 242 g/mol. The SMILES string of the molecule is CCCCCCC1OC1(C)CCC(=O)OCC. The smallest absolute Gasteiger partial charge is 0.305 e. The van der Waals surface area contributed by atoms with Gasteiger partial charge in [-0.05, 0) is 26.7 Å². The van der Waals surface area contributed by atoms with Crippen molar-refractivity contribution in [2.75, 3.05) is 6.61 Å². The molecule has 0 spiro atoms. The first-order chi connectivity index (χ1) is 8.12. The van der Waals surface area contributed by atoms with Crippen LogP contribution in [0.25, 0.3) is 0 Å². The van der Waals surface area contributed by atoms with Crippen LogP contribution in [0, 0.1) is 0 Å². The van der Waals surface area contributed by atoms with Gasteiger partial charge in [0.1, 0.15) is 0 Å². The minimum absolute atomic E-state index is 0.0566. The molecule has 1 heterocycles. The Morgan fingerprint density at radius 2 is 2.06 bits per heavy atom. The van der Waals surface area contributed by atoms with Crippen molar-refractivity contribution in [3.63, 3.8) is 0 Å². The van der Waals surface area contributed by atoms with Crippen molar-refractivity contribution in [3.8, 4) is 0 Å². The number of hydrogen-bond donors (Lipinski definition) is 0. The van der Waals surface area contributed by atoms with Crippen molar-refractivity contribution in [2.45, 2.75) is 77.4 Å². The van der Waals surface area contributed by atoms with E-state index in [4.69, 9.17) is 9.47 Å². The van der Waals surface area contributed by atoms with Crippen LogP contribution in [0.15, 0.2) is 0 Å². The Kier molecular flexibility index (Phi) is 5.96. The molecule has 2 unspecified atom stereocenters. The highest BCUT2D eigenvalue weighted by molar-refractivity contribution is 5.69. The summed E-state index contributed by atoms with van der Waals surface area (Å²) in [5.41, 5.74) is -0.0566. The number of ether oxygens (including phenoxy) is 2. The van der Waals surface area contributed by atoms with Crippen LogP contribution >= 0.6 is 0 Å². The summed E-state index contributed by atoms with van der Waals surface area (Å²) in [6.07, 6.45) is 7.91. The van der Waals surface area contributed by atoms with Gasteiger partial charge in [-0.1, -0.05) is 32.6 Å². The van der Waals surface area contributed by atoms with Gasteiger partial charge < -0.3 is 9.47 Å². The molecule has 1 aliphatic rings. The molecule has 1 fully saturated rings. The Balaban J connectivity index is 2.08. The van der Waals surface area contributed by atoms with Crippen LogP contribution in [0.2, 0.25) is 0 Å². The maximum absolute atomic E-state index is 11.2. The van der Waals surface area contributed by atoms with Crippen molar-refractivity contribution in [1.29, 1.82) is 0 Å². The predicted octanol–water partition coefficient (Wildman–Crippen LogP) is 3.46. The first-order valence-electron chi connectivity index (χ1n) is 6.95. The molecule has 0 N–H and O–H groups in total. The highest BCUT2D eigenvalue weighted by atomic mass is 16.6. The molecule has 1 aliphatic heterocycles. The Bertz CT molecular complexity index is 240. The second-order valence-electron chi connectivity index (χ2n) is 5.07. The molecule has 1 saturated heterocycles. The van der Waals surface area contributed by atoms with E-state index in [-0.39, 0.29) is 11.6 Å². The van der Waals surface area contributed by atoms with Gasteiger partial charge in [0.25, 0.3) is 0 Å². The summed E-state index contributed by atoms with van der Waals surface area (Å²) < 4.78 is 10.6. The summed E-state index contributed by atoms with van der Waals surface area (Å²) in [5.74, 6) is -0.103. The number of esters is 1. The van der Waals surface area contributed by atoms with Crippen molar-refractivity contribution >= 4 is 5.97 Å². The zero-order valence-electron chi connectivity index (χ0n) is 11.5. The number of rotatable bonds is 9. The lowest BCUT2D eigenvalue weighted by atomic mass is 9.97. The second-order valence-corrected chi connectivity index (χ2v) is 5.07. The van der Waals surface area contributed by atoms with Gasteiger partial charge in [0, 0.05) is 6.42 Å². The van der Waals surface area contributed by atoms with Crippen molar-refractivity contribution in [2.24, 2.45) is 0 Å². The van der Waals surface area contributed by atoms with E-state index in [2.05, 4.69) is 13.8 Å². The highest BCUT2D eigenvalue weighted by Gasteiger charge is 2.50. The summed E-state index contributed by atoms with van der Waals surface area (Å²) in [6, 6.07) is 0. The van der Waals surface area contributed by atoms with Gasteiger partial charge >= 0.3 is 5.97 Å². The Hall–Kier alpha value is -0.570. The van der Waals surface area contributed by atoms with E-state index in [1.165, 1.54) is 25.7 Å². The maximum Gasteiger partial charge on any atom is 0.305 e. The third kappa shape index (κ3) is 5.07. The molecule has 0 aromatic rings. The van der Waals surface area contributed by atoms with Gasteiger partial charge in [-0.25, -0.2) is 0 Å². The van der Waals surface area contributed by atoms with Gasteiger partial charge in [-0.15, -0.1) is 0 Å². The van der Waals surface area contributed by atoms with Gasteiger partial charge in [-0.2, -0.15) is 0 Å². The Morgan fingerprint density at radius 3 is 2.71 bits per heavy atom. The number of epoxide rings is 1. The average molecular weight is 242 g/mol. The van der Waals surface area contributed by atoms with Crippen LogP contribution in [0.4, 0.5) is 0 Å². The lowest BCUT2D eigenvalue weighted by Gasteiger charge is -2.06. The van der Waals surface area contributed by atoms with E-state index < -0.39 is 0 Å². The molecule has 2 atom stereocenters. The molecule has 0 saturated carbocycles. The molecule has 0 bridgehead atoms. The van der Waals surface area contributed by atoms with E-state index in [0.717, 1.165) is 12.8 Å². The number of unbranched alkanes of at least 4 members (excludes halogenated alkanes) is 3. The van der Waals surface area contributed by atoms with E-state index >= 15 is 0 Å². The maximum atomic E-state index is 11.2. The fourth-order valence-corrected chi connectivity index (χ4v) is 2.22. The van der Waals surface area contributed by atoms with Crippen LogP contribution in [-0.2, 0) is 14.3 Å². The average Bonchev–Trinajstić information content (AvgIpc) is 2.95. The molecule has 0 radical (unpaired) electrons. The molecule has 3 heteroatoms. The lowest BCUT2D eigenvalue weighted by Crippen LogP contribution is -2.14. The third-order valence-corrected chi connectivity index (χ3v) is 3.49. The molecular weight excluding hydrogens is 216 g/mol. The molecular formula is C14H26O3. The molecule has 0 amide bonds. The summed E-state index contributed by atoms with van der Waals surface area (Å²) in [4.78, 5) is 11.2. The van der Waals surface area contributed by atoms with Gasteiger partial charge in [-0.3, -0.25) is 4.79 Å². The number of carbonyl (C=O) groups excluding carboxylic acids is 1. The van der Waals surface area contributed by atoms with Crippen molar-refractivity contribution in [1.82, 2.24) is 0 Å². The Labute approximate surface area is 105 Å². The first-order valence-corrected chi connectivity index (χ1v) is 6.95. The minimum Gasteiger partial charge on any atom is -0.466 e. The van der Waals surface area contributed by atoms with Crippen LogP contribution < -0.4 is 0 Å². The lowest BCUT2D eigenvalue weighted by molar-refractivity contribution is -0.143. The fourth-order valence-electron chi connectivity index (χ4n) is 2.22. The molecule has 1 rings (SSSR count). The normalized spacial score (nSPS) is 26.9. The fraction of sp³-hybridized carbons (Fsp3) is 0.929. The van der Waals surface area contributed by atoms with E-state index in [9.17, 15) is 4.79 Å². The molecule has 100 valence electrons. The molecule has 17 heavy (non-hydrogen) atoms. The topological polar surface area (TPSA) is 38.8 Å². The van der Waals surface area contributed by atoms with Crippen LogP contribution in [-0.4, -0.2) is 24.3 Å². The van der Waals surface area contributed by atoms with Crippen LogP contribution in [0.5, 0.6) is 0 Å². The highest BCUT2D eigenvalue weighted by Crippen LogP contribution is 2.43. The number of carbonyl (C=O) groups is 1. The predicted molar refractivity (Wildman–Crippen MR) is 67.9 cm³/mol. The zero-order valence-corrected chi connectivity index (χ0v) is 11.5. The van der Waals surface area contributed by atoms with Gasteiger partial charge in [0.15, 0.2) is 0 Å². The van der Waals surface area contributed by atoms with E-state index in [0.29, 0.717) is 19.1 Å². The Morgan fingerprint density at radius 1 is 1.29 bits per heavy atom. The first kappa shape index (κ1) is 14.5. The van der Waals surface area contributed by atoms with E-state index in [1.54, 1.807) is 0 Å². The summed E-state index contributed by atoms with van der Waals surface area (Å²) >= 11 is 0. The molecule has 0 aromatic heterocycles. The second kappa shape index (κ2) is 7.00. The zero-order chi connectivity index (χ0) is 12.7. The van der Waals surface area contributed by atoms with Gasteiger partial charge in [0.05, 0.1) is 18.3 Å². The standard InChI is InChI=1S/C14H26O3/c1-4-6-7-8-9-12-14(3,17-12)11-10-13(15)16-5-2/h12H,4-11H2,1-3H3. The van der Waals surface area contributed by atoms with Crippen LogP contribution in [0.3, 0.4) is 0 Å². The van der Waals surface area contributed by atoms with Crippen molar-refractivity contribution in [3.05, 3.63) is 0 Å². The van der Waals surface area contributed by atoms with Gasteiger partial charge in [0.2, 0.25) is 0 Å². The largest absolute Gasteiger partial charge is 0.466 e. The van der Waals surface area contributed by atoms with Crippen LogP contribution in [0.1, 0.15) is 65.7 Å². The summed E-state index contributed by atoms with van der Waals surface area (Å²) in [7, 11) is 0. The quantitative estimate of drug-likeness (QED) is 0.353. The summed E-state index contributed by atoms with van der Waals surface area (Å²) in [6.45, 7) is 6.63. The number of hydrogen-bond acceptors (Lipinski definition) is 3. The molecule has 0 aliphatic carbocycles. The summed E-state index contributed by atoms with van der Waals surface area (Å²) in [5, 5.41) is 0. The van der Waals surface area contributed by atoms with E-state index in [1.807, 2.05) is 6.92 Å². The van der Waals surface area contributed by atoms with Crippen molar-refractivity contribution < 1.29 is 14.3 Å². The molecule has 0 aromatic carbocycles. The minimum atomic E-state index is -0.103.